The number of hydrogen-bond donors (Lipinski definition) is 3. The van der Waals surface area contributed by atoms with E-state index in [1.165, 1.54) is 0 Å². The molecule has 0 radical (unpaired) electrons. The topological polar surface area (TPSA) is 134 Å². The number of carboxylic acids is 1. The van der Waals surface area contributed by atoms with Gasteiger partial charge in [-0.15, -0.1) is 0 Å². The first-order chi connectivity index (χ1) is 17.4. The zero-order chi connectivity index (χ0) is 25.2. The number of fused-ring (bicyclic) bond motifs is 1. The lowest BCUT2D eigenvalue weighted by atomic mass is 10.1. The van der Waals surface area contributed by atoms with Gasteiger partial charge in [0.05, 0.1) is 16.8 Å². The first-order valence-corrected chi connectivity index (χ1v) is 11.8. The van der Waals surface area contributed by atoms with Gasteiger partial charge in [-0.2, -0.15) is 4.99 Å². The highest BCUT2D eigenvalue weighted by Gasteiger charge is 2.19. The van der Waals surface area contributed by atoms with E-state index in [4.69, 9.17) is 23.1 Å². The number of rotatable bonds is 5. The van der Waals surface area contributed by atoms with E-state index in [2.05, 4.69) is 36.9 Å². The number of nitrogens with two attached hydrogens (primary N) is 2. The van der Waals surface area contributed by atoms with Gasteiger partial charge in [0.2, 0.25) is 0 Å². The van der Waals surface area contributed by atoms with Crippen LogP contribution in [0.5, 0.6) is 0 Å². The summed E-state index contributed by atoms with van der Waals surface area (Å²) in [5.74, 6) is -0.842. The summed E-state index contributed by atoms with van der Waals surface area (Å²) in [4.78, 5) is 28.8. The fourth-order valence-electron chi connectivity index (χ4n) is 4.36. The van der Waals surface area contributed by atoms with Gasteiger partial charge in [-0.25, -0.2) is 14.8 Å². The monoisotopic (exact) mass is 501 g/mol. The second-order valence-corrected chi connectivity index (χ2v) is 8.88. The Morgan fingerprint density at radius 1 is 0.889 bits per heavy atom. The van der Waals surface area contributed by atoms with E-state index in [1.807, 2.05) is 30.3 Å². The lowest BCUT2D eigenvalue weighted by Gasteiger charge is -2.37. The summed E-state index contributed by atoms with van der Waals surface area (Å²) in [5.41, 5.74) is 15.7. The van der Waals surface area contributed by atoms with Crippen LogP contribution in [-0.2, 0) is 0 Å². The van der Waals surface area contributed by atoms with E-state index < -0.39 is 5.97 Å². The summed E-state index contributed by atoms with van der Waals surface area (Å²) in [5, 5.41) is 10.7. The third-order valence-electron chi connectivity index (χ3n) is 6.12. The van der Waals surface area contributed by atoms with Crippen LogP contribution in [0.2, 0.25) is 5.02 Å². The molecule has 5 N–H and O–H groups in total. The Morgan fingerprint density at radius 3 is 2.25 bits per heavy atom. The largest absolute Gasteiger partial charge is 0.478 e. The molecule has 0 bridgehead atoms. The zero-order valence-corrected chi connectivity index (χ0v) is 20.1. The van der Waals surface area contributed by atoms with Crippen molar-refractivity contribution < 1.29 is 9.90 Å². The van der Waals surface area contributed by atoms with Crippen molar-refractivity contribution in [1.82, 2.24) is 9.97 Å². The van der Waals surface area contributed by atoms with Crippen LogP contribution in [-0.4, -0.2) is 53.2 Å². The molecule has 0 spiro atoms. The molecule has 10 heteroatoms. The molecule has 3 aromatic carbocycles. The van der Waals surface area contributed by atoms with Crippen molar-refractivity contribution in [1.29, 1.82) is 0 Å². The third-order valence-corrected chi connectivity index (χ3v) is 6.35. The van der Waals surface area contributed by atoms with Crippen molar-refractivity contribution in [3.05, 3.63) is 77.3 Å². The summed E-state index contributed by atoms with van der Waals surface area (Å²) < 4.78 is 0. The molecule has 36 heavy (non-hydrogen) atoms. The number of anilines is 2. The van der Waals surface area contributed by atoms with E-state index in [0.29, 0.717) is 21.8 Å². The average Bonchev–Trinajstić information content (AvgIpc) is 2.88. The SMILES string of the molecule is NC(N)=Nc1nc(-c2ccc(N3CCN(c4cccc(C(=O)O)c4)CC3)cc2)c2cc(Cl)ccc2n1. The fraction of sp³-hybridized carbons (Fsp3) is 0.154. The number of halogens is 1. The van der Waals surface area contributed by atoms with E-state index in [9.17, 15) is 9.90 Å². The molecule has 0 aliphatic carbocycles. The maximum absolute atomic E-state index is 11.3. The normalized spacial score (nSPS) is 13.6. The third kappa shape index (κ3) is 4.87. The maximum Gasteiger partial charge on any atom is 0.335 e. The molecule has 182 valence electrons. The molecule has 1 fully saturated rings. The average molecular weight is 502 g/mol. The van der Waals surface area contributed by atoms with Crippen molar-refractivity contribution in [3.63, 3.8) is 0 Å². The Kier molecular flexibility index (Phi) is 6.30. The van der Waals surface area contributed by atoms with Crippen LogP contribution in [0.3, 0.4) is 0 Å². The Labute approximate surface area is 212 Å². The van der Waals surface area contributed by atoms with Crippen LogP contribution in [0.4, 0.5) is 17.3 Å². The van der Waals surface area contributed by atoms with E-state index in [0.717, 1.165) is 48.5 Å². The van der Waals surface area contributed by atoms with E-state index >= 15 is 0 Å². The van der Waals surface area contributed by atoms with Gasteiger partial charge in [-0.05, 0) is 48.5 Å². The number of guanidine groups is 1. The first kappa shape index (κ1) is 23.4. The molecule has 1 aliphatic rings. The Bertz CT molecular complexity index is 1460. The number of hydrogen-bond acceptors (Lipinski definition) is 6. The standard InChI is InChI=1S/C26H24ClN7O2/c27-18-6-9-22-21(15-18)23(31-26(30-22)32-25(28)29)16-4-7-19(8-5-16)33-10-12-34(13-11-33)20-3-1-2-17(14-20)24(35)36/h1-9,14-15H,10-13H2,(H,35,36)(H4,28,29,30,31,32). The number of aromatic nitrogens is 2. The molecule has 1 aromatic heterocycles. The van der Waals surface area contributed by atoms with Crippen molar-refractivity contribution >= 4 is 51.8 Å². The highest BCUT2D eigenvalue weighted by molar-refractivity contribution is 6.31. The smallest absolute Gasteiger partial charge is 0.335 e. The molecule has 0 atom stereocenters. The van der Waals surface area contributed by atoms with Crippen molar-refractivity contribution in [3.8, 4) is 11.3 Å². The lowest BCUT2D eigenvalue weighted by molar-refractivity contribution is 0.0697. The molecule has 5 rings (SSSR count). The summed E-state index contributed by atoms with van der Waals surface area (Å²) in [7, 11) is 0. The molecule has 1 saturated heterocycles. The summed E-state index contributed by atoms with van der Waals surface area (Å²) in [6.07, 6.45) is 0. The number of aliphatic imine (C=N–C) groups is 1. The predicted molar refractivity (Wildman–Crippen MR) is 143 cm³/mol. The Balaban J connectivity index is 1.37. The molecular formula is C26H24ClN7O2. The first-order valence-electron chi connectivity index (χ1n) is 11.4. The van der Waals surface area contributed by atoms with Gasteiger partial charge in [0, 0.05) is 53.5 Å². The number of carbonyl (C=O) groups is 1. The maximum atomic E-state index is 11.3. The van der Waals surface area contributed by atoms with Crippen LogP contribution < -0.4 is 21.3 Å². The summed E-state index contributed by atoms with van der Waals surface area (Å²) in [6.45, 7) is 3.22. The van der Waals surface area contributed by atoms with Crippen LogP contribution in [0.15, 0.2) is 71.7 Å². The Morgan fingerprint density at radius 2 is 1.58 bits per heavy atom. The highest BCUT2D eigenvalue weighted by Crippen LogP contribution is 2.31. The summed E-state index contributed by atoms with van der Waals surface area (Å²) >= 11 is 6.25. The van der Waals surface area contributed by atoms with Gasteiger partial charge < -0.3 is 26.4 Å². The number of benzene rings is 3. The molecule has 9 nitrogen and oxygen atoms in total. The minimum Gasteiger partial charge on any atom is -0.478 e. The van der Waals surface area contributed by atoms with Crippen molar-refractivity contribution in [2.45, 2.75) is 0 Å². The van der Waals surface area contributed by atoms with E-state index in [1.54, 1.807) is 24.3 Å². The number of carboxylic acid groups (broad SMARTS) is 1. The minimum atomic E-state index is -0.917. The lowest BCUT2D eigenvalue weighted by Crippen LogP contribution is -2.46. The van der Waals surface area contributed by atoms with Gasteiger partial charge in [-0.1, -0.05) is 29.8 Å². The molecule has 2 heterocycles. The van der Waals surface area contributed by atoms with Gasteiger partial charge in [0.25, 0.3) is 5.95 Å². The second kappa shape index (κ2) is 9.71. The van der Waals surface area contributed by atoms with Gasteiger partial charge in [0.1, 0.15) is 0 Å². The van der Waals surface area contributed by atoms with Crippen LogP contribution >= 0.6 is 11.6 Å². The van der Waals surface area contributed by atoms with E-state index in [-0.39, 0.29) is 11.9 Å². The van der Waals surface area contributed by atoms with Crippen LogP contribution in [0, 0.1) is 0 Å². The molecule has 0 amide bonds. The van der Waals surface area contributed by atoms with Crippen molar-refractivity contribution in [2.24, 2.45) is 16.5 Å². The number of piperazine rings is 1. The molecule has 0 unspecified atom stereocenters. The van der Waals surface area contributed by atoms with Crippen molar-refractivity contribution in [2.75, 3.05) is 36.0 Å². The minimum absolute atomic E-state index is 0.113. The molecule has 4 aromatic rings. The van der Waals surface area contributed by atoms with Gasteiger partial charge >= 0.3 is 5.97 Å². The van der Waals surface area contributed by atoms with Gasteiger partial charge in [-0.3, -0.25) is 0 Å². The summed E-state index contributed by atoms with van der Waals surface area (Å²) in [6, 6.07) is 20.6. The fourth-order valence-corrected chi connectivity index (χ4v) is 4.53. The molecular weight excluding hydrogens is 478 g/mol. The van der Waals surface area contributed by atoms with Crippen LogP contribution in [0.25, 0.3) is 22.2 Å². The van der Waals surface area contributed by atoms with Gasteiger partial charge in [0.15, 0.2) is 5.96 Å². The highest BCUT2D eigenvalue weighted by atomic mass is 35.5. The zero-order valence-electron chi connectivity index (χ0n) is 19.3. The predicted octanol–water partition coefficient (Wildman–Crippen LogP) is 3.88. The van der Waals surface area contributed by atoms with Crippen LogP contribution in [0.1, 0.15) is 10.4 Å². The number of nitrogens with zero attached hydrogens (tertiary/aromatic N) is 5. The number of aromatic carboxylic acids is 1. The Hall–Kier alpha value is -4.37. The quantitative estimate of drug-likeness (QED) is 0.277. The second-order valence-electron chi connectivity index (χ2n) is 8.45. The molecule has 1 aliphatic heterocycles. The molecule has 0 saturated carbocycles.